The fourth-order valence-corrected chi connectivity index (χ4v) is 2.67. The summed E-state index contributed by atoms with van der Waals surface area (Å²) in [5, 5.41) is 4.73. The number of hydrogen-bond acceptors (Lipinski definition) is 1. The molecule has 3 aromatic rings. The van der Waals surface area contributed by atoms with Gasteiger partial charge in [0.15, 0.2) is 0 Å². The predicted octanol–water partition coefficient (Wildman–Crippen LogP) is 4.09. The van der Waals surface area contributed by atoms with E-state index in [-0.39, 0.29) is 5.82 Å². The average Bonchev–Trinajstić information content (AvgIpc) is 2.88. The molecule has 0 spiro atoms. The maximum Gasteiger partial charge on any atom is 0.123 e. The number of nitrogens with zero attached hydrogens (tertiary/aromatic N) is 1. The highest BCUT2D eigenvalue weighted by Crippen LogP contribution is 2.21. The van der Waals surface area contributed by atoms with E-state index in [4.69, 9.17) is 0 Å². The highest BCUT2D eigenvalue weighted by molar-refractivity contribution is 5.83. The minimum Gasteiger partial charge on any atom is -0.347 e. The summed E-state index contributed by atoms with van der Waals surface area (Å²) in [4.78, 5) is 0. The number of halogens is 1. The monoisotopic (exact) mass is 282 g/mol. The van der Waals surface area contributed by atoms with Gasteiger partial charge in [-0.25, -0.2) is 4.39 Å². The van der Waals surface area contributed by atoms with Crippen molar-refractivity contribution in [1.29, 1.82) is 0 Å². The van der Waals surface area contributed by atoms with Gasteiger partial charge in [0.1, 0.15) is 5.82 Å². The number of fused-ring (bicyclic) bond motifs is 1. The van der Waals surface area contributed by atoms with Crippen LogP contribution in [0, 0.1) is 5.82 Å². The molecule has 0 saturated carbocycles. The smallest absolute Gasteiger partial charge is 0.123 e. The highest BCUT2D eigenvalue weighted by Gasteiger charge is 2.06. The standard InChI is InChI=1S/C18H19FN2/c1-2-21-13-15(17-5-3-4-6-18(17)21)12-20-11-14-7-9-16(19)10-8-14/h3-10,13,20H,2,11-12H2,1H3. The first-order valence-electron chi connectivity index (χ1n) is 7.30. The molecule has 0 bridgehead atoms. The van der Waals surface area contributed by atoms with Crippen molar-refractivity contribution >= 4 is 10.9 Å². The molecule has 21 heavy (non-hydrogen) atoms. The maximum atomic E-state index is 12.9. The molecule has 2 aromatic carbocycles. The van der Waals surface area contributed by atoms with Gasteiger partial charge in [0.2, 0.25) is 0 Å². The molecule has 0 saturated heterocycles. The molecule has 1 aromatic heterocycles. The molecule has 0 fully saturated rings. The van der Waals surface area contributed by atoms with Crippen LogP contribution >= 0.6 is 0 Å². The van der Waals surface area contributed by atoms with E-state index in [2.05, 4.69) is 47.3 Å². The molecule has 1 N–H and O–H groups in total. The van der Waals surface area contributed by atoms with Crippen molar-refractivity contribution in [3.63, 3.8) is 0 Å². The van der Waals surface area contributed by atoms with E-state index in [9.17, 15) is 4.39 Å². The zero-order valence-electron chi connectivity index (χ0n) is 12.1. The van der Waals surface area contributed by atoms with Gasteiger partial charge in [0.25, 0.3) is 0 Å². The first-order chi connectivity index (χ1) is 10.3. The van der Waals surface area contributed by atoms with E-state index in [1.54, 1.807) is 0 Å². The number of rotatable bonds is 5. The zero-order valence-corrected chi connectivity index (χ0v) is 12.1. The summed E-state index contributed by atoms with van der Waals surface area (Å²) in [7, 11) is 0. The van der Waals surface area contributed by atoms with Crippen molar-refractivity contribution in [1.82, 2.24) is 9.88 Å². The Morgan fingerprint density at radius 2 is 1.76 bits per heavy atom. The minimum atomic E-state index is -0.190. The van der Waals surface area contributed by atoms with Gasteiger partial charge in [-0.15, -0.1) is 0 Å². The molecule has 0 radical (unpaired) electrons. The molecular weight excluding hydrogens is 263 g/mol. The zero-order chi connectivity index (χ0) is 14.7. The summed E-state index contributed by atoms with van der Waals surface area (Å²) >= 11 is 0. The highest BCUT2D eigenvalue weighted by atomic mass is 19.1. The van der Waals surface area contributed by atoms with Crippen molar-refractivity contribution in [2.75, 3.05) is 0 Å². The predicted molar refractivity (Wildman–Crippen MR) is 84.6 cm³/mol. The van der Waals surface area contributed by atoms with E-state index in [0.717, 1.165) is 25.2 Å². The summed E-state index contributed by atoms with van der Waals surface area (Å²) < 4.78 is 15.1. The lowest BCUT2D eigenvalue weighted by Crippen LogP contribution is -2.12. The number of hydrogen-bond donors (Lipinski definition) is 1. The van der Waals surface area contributed by atoms with Crippen molar-refractivity contribution in [2.45, 2.75) is 26.6 Å². The molecule has 0 aliphatic heterocycles. The molecule has 0 aliphatic carbocycles. The fourth-order valence-electron chi connectivity index (χ4n) is 2.67. The van der Waals surface area contributed by atoms with Gasteiger partial charge < -0.3 is 9.88 Å². The number of aromatic nitrogens is 1. The lowest BCUT2D eigenvalue weighted by molar-refractivity contribution is 0.625. The van der Waals surface area contributed by atoms with Crippen LogP contribution in [0.3, 0.4) is 0 Å². The average molecular weight is 282 g/mol. The van der Waals surface area contributed by atoms with E-state index in [1.807, 2.05) is 12.1 Å². The number of benzene rings is 2. The SMILES string of the molecule is CCn1cc(CNCc2ccc(F)cc2)c2ccccc21. The summed E-state index contributed by atoms with van der Waals surface area (Å²) in [5.74, 6) is -0.190. The van der Waals surface area contributed by atoms with Crippen molar-refractivity contribution in [3.8, 4) is 0 Å². The topological polar surface area (TPSA) is 17.0 Å². The van der Waals surface area contributed by atoms with Gasteiger partial charge in [-0.2, -0.15) is 0 Å². The van der Waals surface area contributed by atoms with Gasteiger partial charge in [0, 0.05) is 36.7 Å². The second kappa shape index (κ2) is 6.10. The second-order valence-electron chi connectivity index (χ2n) is 5.19. The first-order valence-corrected chi connectivity index (χ1v) is 7.30. The molecular formula is C18H19FN2. The quantitative estimate of drug-likeness (QED) is 0.746. The number of para-hydroxylation sites is 1. The Hall–Kier alpha value is -2.13. The molecule has 0 atom stereocenters. The van der Waals surface area contributed by atoms with Crippen LogP contribution in [0.25, 0.3) is 10.9 Å². The number of nitrogens with one attached hydrogen (secondary N) is 1. The molecule has 0 unspecified atom stereocenters. The van der Waals surface area contributed by atoms with Gasteiger partial charge in [-0.05, 0) is 36.2 Å². The summed E-state index contributed by atoms with van der Waals surface area (Å²) in [6.45, 7) is 4.68. The van der Waals surface area contributed by atoms with Crippen LogP contribution in [0.4, 0.5) is 4.39 Å². The summed E-state index contributed by atoms with van der Waals surface area (Å²) in [5.41, 5.74) is 3.67. The Kier molecular flexibility index (Phi) is 4.02. The van der Waals surface area contributed by atoms with E-state index < -0.39 is 0 Å². The Bertz CT molecular complexity index is 729. The van der Waals surface area contributed by atoms with Crippen LogP contribution in [0.15, 0.2) is 54.7 Å². The molecule has 3 rings (SSSR count). The van der Waals surface area contributed by atoms with Crippen LogP contribution < -0.4 is 5.32 Å². The molecule has 0 amide bonds. The molecule has 0 aliphatic rings. The summed E-state index contributed by atoms with van der Waals surface area (Å²) in [6, 6.07) is 15.1. The first kappa shape index (κ1) is 13.8. The van der Waals surface area contributed by atoms with Crippen LogP contribution in [-0.2, 0) is 19.6 Å². The lowest BCUT2D eigenvalue weighted by atomic mass is 10.1. The maximum absolute atomic E-state index is 12.9. The van der Waals surface area contributed by atoms with Crippen molar-refractivity contribution in [2.24, 2.45) is 0 Å². The van der Waals surface area contributed by atoms with Crippen LogP contribution in [0.5, 0.6) is 0 Å². The minimum absolute atomic E-state index is 0.190. The van der Waals surface area contributed by atoms with Crippen molar-refractivity contribution < 1.29 is 4.39 Å². The summed E-state index contributed by atoms with van der Waals surface area (Å²) in [6.07, 6.45) is 2.21. The molecule has 3 heteroatoms. The van der Waals surface area contributed by atoms with E-state index in [1.165, 1.54) is 28.6 Å². The fraction of sp³-hybridized carbons (Fsp3) is 0.222. The molecule has 108 valence electrons. The van der Waals surface area contributed by atoms with E-state index in [0.29, 0.717) is 0 Å². The molecule has 1 heterocycles. The second-order valence-corrected chi connectivity index (χ2v) is 5.19. The van der Waals surface area contributed by atoms with Crippen LogP contribution in [0.2, 0.25) is 0 Å². The third-order valence-electron chi connectivity index (χ3n) is 3.77. The van der Waals surface area contributed by atoms with Crippen LogP contribution in [-0.4, -0.2) is 4.57 Å². The van der Waals surface area contributed by atoms with Crippen molar-refractivity contribution in [3.05, 3.63) is 71.7 Å². The van der Waals surface area contributed by atoms with E-state index >= 15 is 0 Å². The number of aryl methyl sites for hydroxylation is 1. The Morgan fingerprint density at radius 3 is 2.52 bits per heavy atom. The normalized spacial score (nSPS) is 11.1. The third kappa shape index (κ3) is 2.98. The largest absolute Gasteiger partial charge is 0.347 e. The Morgan fingerprint density at radius 1 is 1.00 bits per heavy atom. The van der Waals surface area contributed by atoms with Crippen LogP contribution in [0.1, 0.15) is 18.1 Å². The van der Waals surface area contributed by atoms with Gasteiger partial charge >= 0.3 is 0 Å². The lowest BCUT2D eigenvalue weighted by Gasteiger charge is -2.04. The van der Waals surface area contributed by atoms with Gasteiger partial charge in [-0.3, -0.25) is 0 Å². The molecule has 2 nitrogen and oxygen atoms in total. The van der Waals surface area contributed by atoms with Gasteiger partial charge in [-0.1, -0.05) is 30.3 Å². The third-order valence-corrected chi connectivity index (χ3v) is 3.77. The Labute approximate surface area is 124 Å². The Balaban J connectivity index is 1.72. The van der Waals surface area contributed by atoms with Gasteiger partial charge in [0.05, 0.1) is 0 Å².